The Kier molecular flexibility index (Phi) is 3.88. The number of benzene rings is 1. The minimum absolute atomic E-state index is 0.00972. The van der Waals surface area contributed by atoms with Gasteiger partial charge in [-0.05, 0) is 37.5 Å². The second-order valence-corrected chi connectivity index (χ2v) is 5.86. The van der Waals surface area contributed by atoms with E-state index < -0.39 is 5.41 Å². The fraction of sp³-hybridized carbons (Fsp3) is 0.353. The Labute approximate surface area is 128 Å². The minimum Gasteiger partial charge on any atom is -0.352 e. The lowest BCUT2D eigenvalue weighted by atomic mass is 9.94. The van der Waals surface area contributed by atoms with E-state index in [1.165, 1.54) is 12.1 Å². The number of hydrogen-bond acceptors (Lipinski definition) is 3. The Morgan fingerprint density at radius 1 is 1.32 bits per heavy atom. The second-order valence-electron chi connectivity index (χ2n) is 5.86. The first-order valence-electron chi connectivity index (χ1n) is 7.42. The molecule has 2 aromatic rings. The predicted octanol–water partition coefficient (Wildman–Crippen LogP) is 2.39. The Morgan fingerprint density at radius 2 is 2.05 bits per heavy atom. The molecule has 3 rings (SSSR count). The maximum atomic E-state index is 13.0. The molecule has 1 fully saturated rings. The first kappa shape index (κ1) is 14.6. The predicted molar refractivity (Wildman–Crippen MR) is 80.7 cm³/mol. The van der Waals surface area contributed by atoms with Crippen LogP contribution in [0.1, 0.15) is 31.0 Å². The summed E-state index contributed by atoms with van der Waals surface area (Å²) in [6.07, 6.45) is 7.23. The van der Waals surface area contributed by atoms with Gasteiger partial charge in [-0.15, -0.1) is 0 Å². The average molecular weight is 299 g/mol. The van der Waals surface area contributed by atoms with E-state index in [4.69, 9.17) is 0 Å². The average Bonchev–Trinajstić information content (AvgIpc) is 3.30. The number of rotatable bonds is 5. The fourth-order valence-electron chi connectivity index (χ4n) is 2.70. The summed E-state index contributed by atoms with van der Waals surface area (Å²) in [4.78, 5) is 20.8. The topological polar surface area (TPSA) is 54.9 Å². The first-order chi connectivity index (χ1) is 10.6. The highest BCUT2D eigenvalue weighted by Gasteiger charge is 2.51. The molecule has 0 spiro atoms. The van der Waals surface area contributed by atoms with Gasteiger partial charge >= 0.3 is 0 Å². The number of aromatic nitrogens is 2. The van der Waals surface area contributed by atoms with E-state index in [1.807, 2.05) is 6.92 Å². The van der Waals surface area contributed by atoms with Gasteiger partial charge in [-0.25, -0.2) is 4.39 Å². The van der Waals surface area contributed by atoms with E-state index >= 15 is 0 Å². The van der Waals surface area contributed by atoms with Gasteiger partial charge in [-0.1, -0.05) is 12.1 Å². The summed E-state index contributed by atoms with van der Waals surface area (Å²) >= 11 is 0. The lowest BCUT2D eigenvalue weighted by Gasteiger charge is -2.20. The van der Waals surface area contributed by atoms with E-state index in [2.05, 4.69) is 15.3 Å². The molecule has 5 heteroatoms. The van der Waals surface area contributed by atoms with Crippen LogP contribution < -0.4 is 5.32 Å². The number of amides is 1. The summed E-state index contributed by atoms with van der Waals surface area (Å²) in [5, 5.41) is 3.04. The van der Waals surface area contributed by atoms with Crippen molar-refractivity contribution in [3.8, 4) is 0 Å². The molecule has 0 aliphatic heterocycles. The van der Waals surface area contributed by atoms with Gasteiger partial charge in [0, 0.05) is 31.1 Å². The van der Waals surface area contributed by atoms with Crippen LogP contribution in [0.25, 0.3) is 0 Å². The van der Waals surface area contributed by atoms with Gasteiger partial charge in [0.15, 0.2) is 0 Å². The van der Waals surface area contributed by atoms with Crippen molar-refractivity contribution < 1.29 is 9.18 Å². The summed E-state index contributed by atoms with van der Waals surface area (Å²) in [5.74, 6) is -0.272. The van der Waals surface area contributed by atoms with Gasteiger partial charge in [-0.2, -0.15) is 0 Å². The van der Waals surface area contributed by atoms with Crippen LogP contribution in [0.2, 0.25) is 0 Å². The Balaban J connectivity index is 1.65. The van der Waals surface area contributed by atoms with Crippen molar-refractivity contribution in [1.29, 1.82) is 0 Å². The highest BCUT2D eigenvalue weighted by Crippen LogP contribution is 2.48. The molecule has 1 atom stereocenters. The molecule has 1 aromatic heterocycles. The first-order valence-corrected chi connectivity index (χ1v) is 7.42. The summed E-state index contributed by atoms with van der Waals surface area (Å²) in [7, 11) is 0. The van der Waals surface area contributed by atoms with E-state index in [0.717, 1.165) is 24.1 Å². The lowest BCUT2D eigenvalue weighted by molar-refractivity contribution is -0.124. The standard InChI is InChI=1S/C17H18FN3O/c1-12(10-15-11-19-8-9-20-15)21-16(22)17(6-7-17)13-2-4-14(18)5-3-13/h2-5,8-9,11-12H,6-7,10H2,1H3,(H,21,22)/t12-/m0/s1. The van der Waals surface area contributed by atoms with Crippen molar-refractivity contribution in [2.75, 3.05) is 0 Å². The van der Waals surface area contributed by atoms with Crippen LogP contribution in [0, 0.1) is 5.82 Å². The molecule has 22 heavy (non-hydrogen) atoms. The summed E-state index contributed by atoms with van der Waals surface area (Å²) in [6, 6.07) is 6.20. The number of nitrogens with one attached hydrogen (secondary N) is 1. The van der Waals surface area contributed by atoms with Crippen molar-refractivity contribution in [2.24, 2.45) is 0 Å². The third kappa shape index (κ3) is 2.98. The summed E-state index contributed by atoms with van der Waals surface area (Å²) in [6.45, 7) is 1.95. The Hall–Kier alpha value is -2.30. The number of carbonyl (C=O) groups is 1. The molecule has 4 nitrogen and oxygen atoms in total. The van der Waals surface area contributed by atoms with E-state index in [0.29, 0.717) is 6.42 Å². The minimum atomic E-state index is -0.482. The maximum absolute atomic E-state index is 13.0. The highest BCUT2D eigenvalue weighted by atomic mass is 19.1. The molecule has 0 saturated heterocycles. The highest BCUT2D eigenvalue weighted by molar-refractivity contribution is 5.91. The number of carbonyl (C=O) groups excluding carboxylic acids is 1. The number of nitrogens with zero attached hydrogens (tertiary/aromatic N) is 2. The molecule has 1 heterocycles. The van der Waals surface area contributed by atoms with Crippen molar-refractivity contribution in [1.82, 2.24) is 15.3 Å². The summed E-state index contributed by atoms with van der Waals surface area (Å²) in [5.41, 5.74) is 1.25. The Bertz CT molecular complexity index is 653. The van der Waals surface area contributed by atoms with Crippen LogP contribution in [-0.2, 0) is 16.6 Å². The van der Waals surface area contributed by atoms with Gasteiger partial charge in [0.1, 0.15) is 5.82 Å². The van der Waals surface area contributed by atoms with Crippen molar-refractivity contribution in [3.63, 3.8) is 0 Å². The summed E-state index contributed by atoms with van der Waals surface area (Å²) < 4.78 is 13.0. The Morgan fingerprint density at radius 3 is 2.64 bits per heavy atom. The van der Waals surface area contributed by atoms with Gasteiger partial charge in [0.25, 0.3) is 0 Å². The third-order valence-electron chi connectivity index (χ3n) is 4.09. The molecule has 0 radical (unpaired) electrons. The third-order valence-corrected chi connectivity index (χ3v) is 4.09. The van der Waals surface area contributed by atoms with Gasteiger partial charge in [0.05, 0.1) is 11.1 Å². The van der Waals surface area contributed by atoms with E-state index in [-0.39, 0.29) is 17.8 Å². The number of halogens is 1. The second kappa shape index (κ2) is 5.83. The zero-order valence-corrected chi connectivity index (χ0v) is 12.4. The van der Waals surface area contributed by atoms with Crippen LogP contribution in [0.3, 0.4) is 0 Å². The molecular formula is C17H18FN3O. The molecule has 1 saturated carbocycles. The maximum Gasteiger partial charge on any atom is 0.230 e. The largest absolute Gasteiger partial charge is 0.352 e. The molecule has 0 unspecified atom stereocenters. The molecule has 1 amide bonds. The van der Waals surface area contributed by atoms with E-state index in [9.17, 15) is 9.18 Å². The van der Waals surface area contributed by atoms with Crippen molar-refractivity contribution in [2.45, 2.75) is 37.6 Å². The zero-order valence-electron chi connectivity index (χ0n) is 12.4. The quantitative estimate of drug-likeness (QED) is 0.922. The molecule has 1 N–H and O–H groups in total. The fourth-order valence-corrected chi connectivity index (χ4v) is 2.70. The van der Waals surface area contributed by atoms with Gasteiger partial charge in [0.2, 0.25) is 5.91 Å². The smallest absolute Gasteiger partial charge is 0.230 e. The van der Waals surface area contributed by atoms with Crippen LogP contribution in [0.4, 0.5) is 4.39 Å². The van der Waals surface area contributed by atoms with Crippen molar-refractivity contribution >= 4 is 5.91 Å². The monoisotopic (exact) mass is 299 g/mol. The van der Waals surface area contributed by atoms with Crippen LogP contribution in [0.15, 0.2) is 42.9 Å². The SMILES string of the molecule is C[C@@H](Cc1cnccn1)NC(=O)C1(c2ccc(F)cc2)CC1. The van der Waals surface area contributed by atoms with Crippen LogP contribution >= 0.6 is 0 Å². The molecule has 1 aliphatic rings. The molecule has 1 aromatic carbocycles. The van der Waals surface area contributed by atoms with E-state index in [1.54, 1.807) is 30.7 Å². The molecular weight excluding hydrogens is 281 g/mol. The molecule has 114 valence electrons. The molecule has 1 aliphatic carbocycles. The lowest BCUT2D eigenvalue weighted by Crippen LogP contribution is -2.41. The van der Waals surface area contributed by atoms with Gasteiger partial charge in [-0.3, -0.25) is 14.8 Å². The van der Waals surface area contributed by atoms with Crippen molar-refractivity contribution in [3.05, 3.63) is 59.9 Å². The zero-order chi connectivity index (χ0) is 15.6. The number of hydrogen-bond donors (Lipinski definition) is 1. The normalized spacial score (nSPS) is 16.8. The van der Waals surface area contributed by atoms with Gasteiger partial charge < -0.3 is 5.32 Å². The van der Waals surface area contributed by atoms with Crippen LogP contribution in [0.5, 0.6) is 0 Å². The van der Waals surface area contributed by atoms with Crippen LogP contribution in [-0.4, -0.2) is 21.9 Å². The molecule has 0 bridgehead atoms.